The number of hydrogen-bond acceptors (Lipinski definition) is 5. The quantitative estimate of drug-likeness (QED) is 0.888. The molecular weight excluding hydrogens is 342 g/mol. The topological polar surface area (TPSA) is 53.7 Å². The van der Waals surface area contributed by atoms with Gasteiger partial charge in [-0.1, -0.05) is 6.07 Å². The van der Waals surface area contributed by atoms with E-state index < -0.39 is 0 Å². The van der Waals surface area contributed by atoms with Crippen molar-refractivity contribution in [2.45, 2.75) is 12.5 Å². The van der Waals surface area contributed by atoms with Gasteiger partial charge in [-0.3, -0.25) is 0 Å². The van der Waals surface area contributed by atoms with Gasteiger partial charge in [-0.05, 0) is 46.7 Å². The number of thiophene rings is 1. The van der Waals surface area contributed by atoms with Crippen LogP contribution in [-0.2, 0) is 0 Å². The number of hydrogen-bond donors (Lipinski definition) is 1. The Bertz CT molecular complexity index is 602. The van der Waals surface area contributed by atoms with Crippen LogP contribution in [0.1, 0.15) is 17.4 Å². The fourth-order valence-electron chi connectivity index (χ4n) is 2.06. The summed E-state index contributed by atoms with van der Waals surface area (Å²) in [5, 5.41) is 0. The normalized spacial score (nSPS) is 14.3. The van der Waals surface area contributed by atoms with E-state index in [0.717, 1.165) is 20.8 Å². The number of para-hydroxylation sites is 1. The number of fused-ring (bicyclic) bond motifs is 1. The zero-order chi connectivity index (χ0) is 13.9. The van der Waals surface area contributed by atoms with E-state index >= 15 is 0 Å². The van der Waals surface area contributed by atoms with Crippen molar-refractivity contribution in [3.63, 3.8) is 0 Å². The summed E-state index contributed by atoms with van der Waals surface area (Å²) in [5.74, 6) is 2.09. The molecule has 1 aliphatic rings. The van der Waals surface area contributed by atoms with Gasteiger partial charge in [0.25, 0.3) is 0 Å². The third kappa shape index (κ3) is 2.77. The maximum absolute atomic E-state index is 6.10. The fourth-order valence-corrected chi connectivity index (χ4v) is 3.55. The predicted molar refractivity (Wildman–Crippen MR) is 81.6 cm³/mol. The van der Waals surface area contributed by atoms with Crippen LogP contribution in [0.5, 0.6) is 17.2 Å². The van der Waals surface area contributed by atoms with Crippen molar-refractivity contribution >= 4 is 27.3 Å². The first-order chi connectivity index (χ1) is 9.78. The maximum atomic E-state index is 6.10. The number of benzene rings is 1. The summed E-state index contributed by atoms with van der Waals surface area (Å²) in [6, 6.07) is 9.72. The van der Waals surface area contributed by atoms with Crippen molar-refractivity contribution in [2.24, 2.45) is 5.73 Å². The van der Waals surface area contributed by atoms with E-state index in [2.05, 4.69) is 22.0 Å². The molecule has 2 aromatic rings. The lowest BCUT2D eigenvalue weighted by Crippen LogP contribution is -2.12. The van der Waals surface area contributed by atoms with Gasteiger partial charge in [-0.25, -0.2) is 0 Å². The molecule has 2 N–H and O–H groups in total. The molecule has 0 unspecified atom stereocenters. The van der Waals surface area contributed by atoms with E-state index in [9.17, 15) is 0 Å². The highest BCUT2D eigenvalue weighted by Crippen LogP contribution is 2.43. The van der Waals surface area contributed by atoms with E-state index in [4.69, 9.17) is 19.9 Å². The van der Waals surface area contributed by atoms with E-state index in [1.165, 1.54) is 0 Å². The third-order valence-corrected chi connectivity index (χ3v) is 4.69. The first-order valence-electron chi connectivity index (χ1n) is 6.28. The van der Waals surface area contributed by atoms with Crippen LogP contribution in [0.25, 0.3) is 0 Å². The van der Waals surface area contributed by atoms with E-state index in [0.29, 0.717) is 18.0 Å². The molecule has 0 fully saturated rings. The second-order valence-electron chi connectivity index (χ2n) is 4.32. The van der Waals surface area contributed by atoms with Gasteiger partial charge in [0.2, 0.25) is 12.5 Å². The second kappa shape index (κ2) is 6.03. The largest absolute Gasteiger partial charge is 0.481 e. The Kier molecular flexibility index (Phi) is 4.14. The molecule has 1 aromatic carbocycles. The van der Waals surface area contributed by atoms with Gasteiger partial charge in [-0.2, -0.15) is 0 Å². The summed E-state index contributed by atoms with van der Waals surface area (Å²) in [6.45, 7) is 0.800. The minimum absolute atomic E-state index is 0.0769. The van der Waals surface area contributed by atoms with Crippen molar-refractivity contribution < 1.29 is 14.2 Å². The van der Waals surface area contributed by atoms with Crippen LogP contribution in [0.2, 0.25) is 0 Å². The molecule has 1 aromatic heterocycles. The highest BCUT2D eigenvalue weighted by Gasteiger charge is 2.22. The molecule has 1 aliphatic heterocycles. The number of rotatable bonds is 5. The molecule has 0 amide bonds. The zero-order valence-electron chi connectivity index (χ0n) is 10.7. The van der Waals surface area contributed by atoms with Crippen molar-refractivity contribution in [2.75, 3.05) is 13.3 Å². The van der Waals surface area contributed by atoms with Crippen LogP contribution < -0.4 is 19.9 Å². The molecule has 106 valence electrons. The van der Waals surface area contributed by atoms with Crippen LogP contribution in [0.4, 0.5) is 0 Å². The lowest BCUT2D eigenvalue weighted by Gasteiger charge is -2.18. The van der Waals surface area contributed by atoms with Gasteiger partial charge < -0.3 is 19.9 Å². The van der Waals surface area contributed by atoms with E-state index in [-0.39, 0.29) is 12.9 Å². The molecule has 20 heavy (non-hydrogen) atoms. The Hall–Kier alpha value is -1.24. The minimum atomic E-state index is -0.0769. The van der Waals surface area contributed by atoms with Gasteiger partial charge >= 0.3 is 0 Å². The highest BCUT2D eigenvalue weighted by molar-refractivity contribution is 9.11. The molecule has 0 saturated carbocycles. The molecule has 0 bridgehead atoms. The smallest absolute Gasteiger partial charge is 0.231 e. The van der Waals surface area contributed by atoms with Gasteiger partial charge in [0.15, 0.2) is 11.5 Å². The SMILES string of the molecule is NCC[C@H](Oc1cccc2c1OCO2)c1ccc(Br)s1. The van der Waals surface area contributed by atoms with Crippen LogP contribution in [0, 0.1) is 0 Å². The Labute approximate surface area is 129 Å². The lowest BCUT2D eigenvalue weighted by molar-refractivity contribution is 0.159. The average molecular weight is 356 g/mol. The van der Waals surface area contributed by atoms with E-state index in [1.54, 1.807) is 11.3 Å². The van der Waals surface area contributed by atoms with Gasteiger partial charge in [0.05, 0.1) is 3.79 Å². The molecule has 0 saturated heterocycles. The molecule has 1 atom stereocenters. The Morgan fingerprint density at radius 3 is 2.95 bits per heavy atom. The van der Waals surface area contributed by atoms with Crippen LogP contribution in [0.15, 0.2) is 34.1 Å². The Balaban J connectivity index is 1.85. The summed E-state index contributed by atoms with van der Waals surface area (Å²) in [6.07, 6.45) is 0.671. The van der Waals surface area contributed by atoms with E-state index in [1.807, 2.05) is 24.3 Å². The zero-order valence-corrected chi connectivity index (χ0v) is 13.1. The molecule has 4 nitrogen and oxygen atoms in total. The fraction of sp³-hybridized carbons (Fsp3) is 0.286. The summed E-state index contributed by atoms with van der Waals surface area (Å²) >= 11 is 5.13. The van der Waals surface area contributed by atoms with Crippen LogP contribution in [0.3, 0.4) is 0 Å². The van der Waals surface area contributed by atoms with Gasteiger partial charge in [-0.15, -0.1) is 11.3 Å². The van der Waals surface area contributed by atoms with Crippen LogP contribution in [-0.4, -0.2) is 13.3 Å². The first-order valence-corrected chi connectivity index (χ1v) is 7.89. The molecule has 0 radical (unpaired) electrons. The molecule has 6 heteroatoms. The number of ether oxygens (including phenoxy) is 3. The van der Waals surface area contributed by atoms with Gasteiger partial charge in [0.1, 0.15) is 6.10 Å². The maximum Gasteiger partial charge on any atom is 0.231 e. The molecular formula is C14H14BrNO3S. The Morgan fingerprint density at radius 2 is 2.20 bits per heavy atom. The highest BCUT2D eigenvalue weighted by atomic mass is 79.9. The minimum Gasteiger partial charge on any atom is -0.481 e. The van der Waals surface area contributed by atoms with Crippen LogP contribution >= 0.6 is 27.3 Å². The lowest BCUT2D eigenvalue weighted by atomic mass is 10.2. The van der Waals surface area contributed by atoms with Crippen molar-refractivity contribution in [1.82, 2.24) is 0 Å². The monoisotopic (exact) mass is 355 g/mol. The standard InChI is InChI=1S/C14H14BrNO3S/c15-13-5-4-12(20-13)9(6-7-16)19-11-3-1-2-10-14(11)18-8-17-10/h1-5,9H,6-8,16H2/t9-/m0/s1. The molecule has 0 spiro atoms. The van der Waals surface area contributed by atoms with Crippen molar-refractivity contribution in [3.05, 3.63) is 39.0 Å². The van der Waals surface area contributed by atoms with Crippen molar-refractivity contribution in [1.29, 1.82) is 0 Å². The summed E-state index contributed by atoms with van der Waals surface area (Å²) in [5.41, 5.74) is 5.70. The Morgan fingerprint density at radius 1 is 1.30 bits per heavy atom. The third-order valence-electron chi connectivity index (χ3n) is 2.97. The summed E-state index contributed by atoms with van der Waals surface area (Å²) in [4.78, 5) is 1.14. The van der Waals surface area contributed by atoms with Gasteiger partial charge in [0, 0.05) is 11.3 Å². The van der Waals surface area contributed by atoms with Crippen molar-refractivity contribution in [3.8, 4) is 17.2 Å². The molecule has 2 heterocycles. The molecule has 0 aliphatic carbocycles. The molecule has 3 rings (SSSR count). The second-order valence-corrected chi connectivity index (χ2v) is 6.81. The average Bonchev–Trinajstić information content (AvgIpc) is 3.07. The predicted octanol–water partition coefficient (Wildman–Crippen LogP) is 3.71. The summed E-state index contributed by atoms with van der Waals surface area (Å²) in [7, 11) is 0. The first kappa shape index (κ1) is 13.7. The summed E-state index contributed by atoms with van der Waals surface area (Å²) < 4.78 is 18.0. The number of halogens is 1. The number of nitrogens with two attached hydrogens (primary N) is 1.